The predicted molar refractivity (Wildman–Crippen MR) is 88.7 cm³/mol. The SMILES string of the molecule is CCCCCCCCC/C(=N/O)c1cccc(NC=O)c1O. The zero-order valence-corrected chi connectivity index (χ0v) is 13.2. The molecular formula is C17H26N2O3. The normalized spacial score (nSPS) is 11.4. The smallest absolute Gasteiger partial charge is 0.211 e. The van der Waals surface area contributed by atoms with Gasteiger partial charge >= 0.3 is 0 Å². The number of anilines is 1. The van der Waals surface area contributed by atoms with Gasteiger partial charge in [0.2, 0.25) is 6.41 Å². The first kappa shape index (κ1) is 18.0. The summed E-state index contributed by atoms with van der Waals surface area (Å²) in [6.07, 6.45) is 9.32. The Morgan fingerprint density at radius 1 is 1.18 bits per heavy atom. The first-order chi connectivity index (χ1) is 10.7. The third-order valence-electron chi connectivity index (χ3n) is 3.70. The van der Waals surface area contributed by atoms with E-state index in [9.17, 15) is 15.1 Å². The molecule has 122 valence electrons. The molecule has 22 heavy (non-hydrogen) atoms. The second kappa shape index (κ2) is 10.7. The van der Waals surface area contributed by atoms with Crippen molar-refractivity contribution in [1.82, 2.24) is 0 Å². The Morgan fingerprint density at radius 3 is 2.50 bits per heavy atom. The maximum absolute atomic E-state index is 10.5. The average Bonchev–Trinajstić information content (AvgIpc) is 2.53. The molecule has 5 heteroatoms. The first-order valence-electron chi connectivity index (χ1n) is 7.98. The summed E-state index contributed by atoms with van der Waals surface area (Å²) in [4.78, 5) is 10.5. The number of phenols is 1. The molecule has 0 heterocycles. The number of aromatic hydroxyl groups is 1. The molecule has 0 unspecified atom stereocenters. The highest BCUT2D eigenvalue weighted by atomic mass is 16.4. The van der Waals surface area contributed by atoms with Gasteiger partial charge in [-0.25, -0.2) is 0 Å². The molecule has 0 fully saturated rings. The number of amides is 1. The summed E-state index contributed by atoms with van der Waals surface area (Å²) in [6, 6.07) is 4.98. The minimum atomic E-state index is -0.0645. The Morgan fingerprint density at radius 2 is 1.86 bits per heavy atom. The topological polar surface area (TPSA) is 81.9 Å². The molecule has 0 aliphatic carbocycles. The summed E-state index contributed by atoms with van der Waals surface area (Å²) in [5, 5.41) is 25.0. The van der Waals surface area contributed by atoms with E-state index in [-0.39, 0.29) is 5.75 Å². The second-order valence-corrected chi connectivity index (χ2v) is 5.38. The third-order valence-corrected chi connectivity index (χ3v) is 3.70. The standard InChI is InChI=1S/C17H26N2O3/c1-2-3-4-5-6-7-8-11-15(19-22)14-10-9-12-16(17(14)21)18-13-20/h9-10,12-13,21-22H,2-8,11H2,1H3,(H,18,20)/b19-15-. The van der Waals surface area contributed by atoms with E-state index in [1.807, 2.05) is 0 Å². The van der Waals surface area contributed by atoms with Crippen LogP contribution in [0.2, 0.25) is 0 Å². The summed E-state index contributed by atoms with van der Waals surface area (Å²) in [6.45, 7) is 2.20. The van der Waals surface area contributed by atoms with E-state index in [4.69, 9.17) is 0 Å². The molecule has 0 bridgehead atoms. The van der Waals surface area contributed by atoms with Gasteiger partial charge in [0.1, 0.15) is 5.75 Å². The lowest BCUT2D eigenvalue weighted by molar-refractivity contribution is -0.105. The van der Waals surface area contributed by atoms with E-state index in [1.165, 1.54) is 32.1 Å². The second-order valence-electron chi connectivity index (χ2n) is 5.38. The predicted octanol–water partition coefficient (Wildman–Crippen LogP) is 4.28. The molecular weight excluding hydrogens is 280 g/mol. The van der Waals surface area contributed by atoms with Crippen LogP contribution in [0.3, 0.4) is 0 Å². The highest BCUT2D eigenvalue weighted by Gasteiger charge is 2.12. The summed E-state index contributed by atoms with van der Waals surface area (Å²) in [5.41, 5.74) is 1.22. The average molecular weight is 306 g/mol. The summed E-state index contributed by atoms with van der Waals surface area (Å²) in [5.74, 6) is -0.0645. The quantitative estimate of drug-likeness (QED) is 0.142. The van der Waals surface area contributed by atoms with Crippen molar-refractivity contribution in [3.8, 4) is 5.75 Å². The van der Waals surface area contributed by atoms with Gasteiger partial charge in [-0.2, -0.15) is 0 Å². The van der Waals surface area contributed by atoms with Crippen LogP contribution in [0.4, 0.5) is 5.69 Å². The van der Waals surface area contributed by atoms with Gasteiger partial charge in [-0.1, -0.05) is 56.7 Å². The van der Waals surface area contributed by atoms with E-state index in [0.29, 0.717) is 29.8 Å². The van der Waals surface area contributed by atoms with Crippen LogP contribution in [-0.2, 0) is 4.79 Å². The number of carbonyl (C=O) groups excluding carboxylic acids is 1. The van der Waals surface area contributed by atoms with Crippen LogP contribution >= 0.6 is 0 Å². The number of hydrogen-bond acceptors (Lipinski definition) is 4. The zero-order chi connectivity index (χ0) is 16.2. The van der Waals surface area contributed by atoms with E-state index < -0.39 is 0 Å². The zero-order valence-electron chi connectivity index (χ0n) is 13.2. The van der Waals surface area contributed by atoms with E-state index in [2.05, 4.69) is 17.4 Å². The van der Waals surface area contributed by atoms with Gasteiger partial charge in [-0.05, 0) is 25.0 Å². The Hall–Kier alpha value is -2.04. The number of carbonyl (C=O) groups is 1. The van der Waals surface area contributed by atoms with Crippen molar-refractivity contribution in [3.63, 3.8) is 0 Å². The van der Waals surface area contributed by atoms with Crippen molar-refractivity contribution in [3.05, 3.63) is 23.8 Å². The number of benzene rings is 1. The van der Waals surface area contributed by atoms with Crippen LogP contribution in [0.1, 0.15) is 63.9 Å². The molecule has 0 aliphatic heterocycles. The van der Waals surface area contributed by atoms with Crippen molar-refractivity contribution in [1.29, 1.82) is 0 Å². The fraction of sp³-hybridized carbons (Fsp3) is 0.529. The number of nitrogens with zero attached hydrogens (tertiary/aromatic N) is 1. The van der Waals surface area contributed by atoms with Crippen molar-refractivity contribution >= 4 is 17.8 Å². The first-order valence-corrected chi connectivity index (χ1v) is 7.98. The largest absolute Gasteiger partial charge is 0.505 e. The lowest BCUT2D eigenvalue weighted by Crippen LogP contribution is -2.04. The van der Waals surface area contributed by atoms with Gasteiger partial charge in [0.15, 0.2) is 0 Å². The lowest BCUT2D eigenvalue weighted by Gasteiger charge is -2.10. The lowest BCUT2D eigenvalue weighted by atomic mass is 10.0. The van der Waals surface area contributed by atoms with Crippen molar-refractivity contribution in [2.45, 2.75) is 58.3 Å². The molecule has 0 radical (unpaired) electrons. The Labute approximate surface area is 132 Å². The molecule has 3 N–H and O–H groups in total. The van der Waals surface area contributed by atoms with Crippen molar-refractivity contribution in [2.75, 3.05) is 5.32 Å². The minimum absolute atomic E-state index is 0.0645. The summed E-state index contributed by atoms with van der Waals surface area (Å²) < 4.78 is 0. The Kier molecular flexibility index (Phi) is 8.72. The molecule has 1 aromatic carbocycles. The highest BCUT2D eigenvalue weighted by Crippen LogP contribution is 2.28. The fourth-order valence-electron chi connectivity index (χ4n) is 2.44. The Bertz CT molecular complexity index is 487. The van der Waals surface area contributed by atoms with Gasteiger partial charge in [-0.3, -0.25) is 4.79 Å². The van der Waals surface area contributed by atoms with E-state index in [0.717, 1.165) is 12.8 Å². The molecule has 5 nitrogen and oxygen atoms in total. The maximum atomic E-state index is 10.5. The molecule has 0 saturated carbocycles. The monoisotopic (exact) mass is 306 g/mol. The number of hydrogen-bond donors (Lipinski definition) is 3. The van der Waals surface area contributed by atoms with Gasteiger partial charge in [0.25, 0.3) is 0 Å². The molecule has 0 atom stereocenters. The molecule has 1 amide bonds. The number of nitrogens with one attached hydrogen (secondary N) is 1. The van der Waals surface area contributed by atoms with E-state index >= 15 is 0 Å². The maximum Gasteiger partial charge on any atom is 0.211 e. The third kappa shape index (κ3) is 5.76. The van der Waals surface area contributed by atoms with Gasteiger partial charge in [0, 0.05) is 5.56 Å². The summed E-state index contributed by atoms with van der Waals surface area (Å²) >= 11 is 0. The molecule has 0 aliphatic rings. The molecule has 1 rings (SSSR count). The molecule has 0 spiro atoms. The Balaban J connectivity index is 2.51. The van der Waals surface area contributed by atoms with Crippen molar-refractivity contribution < 1.29 is 15.1 Å². The molecule has 0 saturated heterocycles. The fourth-order valence-corrected chi connectivity index (χ4v) is 2.44. The van der Waals surface area contributed by atoms with Crippen LogP contribution in [0.25, 0.3) is 0 Å². The van der Waals surface area contributed by atoms with E-state index in [1.54, 1.807) is 18.2 Å². The number of para-hydroxylation sites is 1. The number of rotatable bonds is 11. The molecule has 0 aromatic heterocycles. The van der Waals surface area contributed by atoms with Crippen LogP contribution in [0.5, 0.6) is 5.75 Å². The molecule has 1 aromatic rings. The summed E-state index contributed by atoms with van der Waals surface area (Å²) in [7, 11) is 0. The van der Waals surface area contributed by atoms with Crippen LogP contribution in [0, 0.1) is 0 Å². The minimum Gasteiger partial charge on any atom is -0.505 e. The van der Waals surface area contributed by atoms with Crippen LogP contribution in [-0.4, -0.2) is 22.4 Å². The number of unbranched alkanes of at least 4 members (excludes halogenated alkanes) is 6. The number of phenolic OH excluding ortho intramolecular Hbond substituents is 1. The van der Waals surface area contributed by atoms with Crippen LogP contribution in [0.15, 0.2) is 23.4 Å². The van der Waals surface area contributed by atoms with Gasteiger partial charge in [0.05, 0.1) is 11.4 Å². The number of oxime groups is 1. The van der Waals surface area contributed by atoms with Crippen LogP contribution < -0.4 is 5.32 Å². The van der Waals surface area contributed by atoms with Gasteiger partial charge < -0.3 is 15.6 Å². The van der Waals surface area contributed by atoms with Crippen molar-refractivity contribution in [2.24, 2.45) is 5.16 Å². The highest BCUT2D eigenvalue weighted by molar-refractivity contribution is 6.04. The van der Waals surface area contributed by atoms with Gasteiger partial charge in [-0.15, -0.1) is 0 Å².